The molecule has 1 fully saturated rings. The zero-order chi connectivity index (χ0) is 14.5. The molecule has 2 aromatic rings. The van der Waals surface area contributed by atoms with E-state index in [1.54, 1.807) is 0 Å². The predicted octanol–water partition coefficient (Wildman–Crippen LogP) is 4.46. The van der Waals surface area contributed by atoms with Crippen LogP contribution in [0.5, 0.6) is 0 Å². The van der Waals surface area contributed by atoms with Crippen molar-refractivity contribution in [2.45, 2.75) is 25.2 Å². The molecule has 108 valence electrons. The van der Waals surface area contributed by atoms with Crippen molar-refractivity contribution >= 4 is 0 Å². The average Bonchev–Trinajstić information content (AvgIpc) is 2.57. The monoisotopic (exact) mass is 280 g/mol. The summed E-state index contributed by atoms with van der Waals surface area (Å²) in [6.45, 7) is 2.59. The second-order valence-corrected chi connectivity index (χ2v) is 5.20. The Hall–Kier alpha value is -1.90. The fourth-order valence-corrected chi connectivity index (χ4v) is 2.71. The van der Waals surface area contributed by atoms with Crippen LogP contribution in [0.3, 0.4) is 0 Å². The Morgan fingerprint density at radius 1 is 0.857 bits per heavy atom. The first kappa shape index (κ1) is 14.1. The Bertz CT molecular complexity index is 577. The highest BCUT2D eigenvalue weighted by atomic mass is 16.6. The fourth-order valence-electron chi connectivity index (χ4n) is 2.71. The van der Waals surface area contributed by atoms with E-state index in [2.05, 4.69) is 30.3 Å². The van der Waals surface area contributed by atoms with Crippen molar-refractivity contribution in [3.63, 3.8) is 0 Å². The van der Waals surface area contributed by atoms with Crippen LogP contribution in [0.15, 0.2) is 72.8 Å². The SMILES string of the molecule is C/C=C/[C@@H]1CO[C@@H](c2ccccc2)[C@H](c2ccccc2)O1. The van der Waals surface area contributed by atoms with Crippen LogP contribution in [-0.2, 0) is 9.47 Å². The van der Waals surface area contributed by atoms with E-state index < -0.39 is 0 Å². The Kier molecular flexibility index (Phi) is 4.49. The molecule has 21 heavy (non-hydrogen) atoms. The van der Waals surface area contributed by atoms with Gasteiger partial charge < -0.3 is 9.47 Å². The molecule has 1 aliphatic heterocycles. The maximum Gasteiger partial charge on any atom is 0.114 e. The molecule has 2 nitrogen and oxygen atoms in total. The van der Waals surface area contributed by atoms with Crippen LogP contribution in [0, 0.1) is 0 Å². The Balaban J connectivity index is 1.91. The van der Waals surface area contributed by atoms with Gasteiger partial charge in [0, 0.05) is 0 Å². The molecule has 3 atom stereocenters. The van der Waals surface area contributed by atoms with E-state index >= 15 is 0 Å². The number of benzene rings is 2. The minimum absolute atomic E-state index is 0.0140. The number of ether oxygens (including phenoxy) is 2. The quantitative estimate of drug-likeness (QED) is 0.773. The highest BCUT2D eigenvalue weighted by Crippen LogP contribution is 2.39. The lowest BCUT2D eigenvalue weighted by atomic mass is 9.96. The van der Waals surface area contributed by atoms with Crippen molar-refractivity contribution < 1.29 is 9.47 Å². The van der Waals surface area contributed by atoms with Gasteiger partial charge in [-0.2, -0.15) is 0 Å². The zero-order valence-corrected chi connectivity index (χ0v) is 12.2. The van der Waals surface area contributed by atoms with Crippen LogP contribution in [-0.4, -0.2) is 12.7 Å². The van der Waals surface area contributed by atoms with Crippen LogP contribution in [0.1, 0.15) is 30.3 Å². The molecule has 1 saturated heterocycles. The van der Waals surface area contributed by atoms with Gasteiger partial charge in [-0.3, -0.25) is 0 Å². The molecule has 1 aliphatic rings. The molecule has 0 aromatic heterocycles. The van der Waals surface area contributed by atoms with Gasteiger partial charge in [0.05, 0.1) is 12.7 Å². The van der Waals surface area contributed by atoms with Gasteiger partial charge in [0.15, 0.2) is 0 Å². The van der Waals surface area contributed by atoms with E-state index in [1.165, 1.54) is 0 Å². The fraction of sp³-hybridized carbons (Fsp3) is 0.263. The predicted molar refractivity (Wildman–Crippen MR) is 84.0 cm³/mol. The number of allylic oxidation sites excluding steroid dienone is 1. The molecular weight excluding hydrogens is 260 g/mol. The zero-order valence-electron chi connectivity index (χ0n) is 12.2. The third-order valence-electron chi connectivity index (χ3n) is 3.70. The van der Waals surface area contributed by atoms with Crippen molar-refractivity contribution in [2.75, 3.05) is 6.61 Å². The van der Waals surface area contributed by atoms with Gasteiger partial charge in [0.2, 0.25) is 0 Å². The van der Waals surface area contributed by atoms with Crippen LogP contribution < -0.4 is 0 Å². The molecule has 0 spiro atoms. The molecule has 3 rings (SSSR count). The minimum Gasteiger partial charge on any atom is -0.367 e. The van der Waals surface area contributed by atoms with Gasteiger partial charge >= 0.3 is 0 Å². The number of hydrogen-bond acceptors (Lipinski definition) is 2. The lowest BCUT2D eigenvalue weighted by molar-refractivity contribution is -0.171. The summed E-state index contributed by atoms with van der Waals surface area (Å²) in [6.07, 6.45) is 3.94. The van der Waals surface area contributed by atoms with Crippen LogP contribution in [0.4, 0.5) is 0 Å². The van der Waals surface area contributed by atoms with E-state index in [9.17, 15) is 0 Å². The van der Waals surface area contributed by atoms with E-state index in [-0.39, 0.29) is 18.3 Å². The summed E-state index contributed by atoms with van der Waals surface area (Å²) in [6, 6.07) is 20.6. The molecule has 0 saturated carbocycles. The highest BCUT2D eigenvalue weighted by molar-refractivity contribution is 5.26. The molecule has 0 aliphatic carbocycles. The Labute approximate surface area is 126 Å². The van der Waals surface area contributed by atoms with E-state index in [4.69, 9.17) is 9.47 Å². The van der Waals surface area contributed by atoms with E-state index in [0.717, 1.165) is 11.1 Å². The second kappa shape index (κ2) is 6.70. The topological polar surface area (TPSA) is 18.5 Å². The van der Waals surface area contributed by atoms with Gasteiger partial charge in [-0.15, -0.1) is 0 Å². The molecule has 0 N–H and O–H groups in total. The van der Waals surface area contributed by atoms with Crippen LogP contribution in [0.25, 0.3) is 0 Å². The van der Waals surface area contributed by atoms with Crippen LogP contribution in [0.2, 0.25) is 0 Å². The molecule has 0 radical (unpaired) electrons. The molecule has 2 aromatic carbocycles. The van der Waals surface area contributed by atoms with Gasteiger partial charge in [0.1, 0.15) is 12.2 Å². The van der Waals surface area contributed by atoms with Crippen molar-refractivity contribution in [2.24, 2.45) is 0 Å². The molecule has 2 heteroatoms. The molecule has 0 amide bonds. The molecule has 0 bridgehead atoms. The normalized spacial score (nSPS) is 26.0. The summed E-state index contributed by atoms with van der Waals surface area (Å²) in [4.78, 5) is 0. The third-order valence-corrected chi connectivity index (χ3v) is 3.70. The van der Waals surface area contributed by atoms with E-state index in [0.29, 0.717) is 6.61 Å². The summed E-state index contributed by atoms with van der Waals surface area (Å²) in [5.41, 5.74) is 2.31. The van der Waals surface area contributed by atoms with Crippen molar-refractivity contribution in [1.82, 2.24) is 0 Å². The lowest BCUT2D eigenvalue weighted by Gasteiger charge is -2.36. The first-order chi connectivity index (χ1) is 10.4. The van der Waals surface area contributed by atoms with Crippen molar-refractivity contribution in [3.8, 4) is 0 Å². The maximum atomic E-state index is 6.27. The average molecular weight is 280 g/mol. The molecule has 0 unspecified atom stereocenters. The number of rotatable bonds is 3. The summed E-state index contributed by atoms with van der Waals surface area (Å²) >= 11 is 0. The van der Waals surface area contributed by atoms with Gasteiger partial charge in [-0.25, -0.2) is 0 Å². The Morgan fingerprint density at radius 2 is 1.43 bits per heavy atom. The van der Waals surface area contributed by atoms with Gasteiger partial charge in [-0.05, 0) is 18.1 Å². The first-order valence-corrected chi connectivity index (χ1v) is 7.38. The second-order valence-electron chi connectivity index (χ2n) is 5.20. The maximum absolute atomic E-state index is 6.27. The van der Waals surface area contributed by atoms with Crippen molar-refractivity contribution in [1.29, 1.82) is 0 Å². The summed E-state index contributed by atoms with van der Waals surface area (Å²) < 4.78 is 12.4. The minimum atomic E-state index is -0.0800. The summed E-state index contributed by atoms with van der Waals surface area (Å²) in [7, 11) is 0. The van der Waals surface area contributed by atoms with E-state index in [1.807, 2.05) is 49.4 Å². The number of hydrogen-bond donors (Lipinski definition) is 0. The van der Waals surface area contributed by atoms with Gasteiger partial charge in [-0.1, -0.05) is 72.8 Å². The molecular formula is C19H20O2. The van der Waals surface area contributed by atoms with Gasteiger partial charge in [0.25, 0.3) is 0 Å². The highest BCUT2D eigenvalue weighted by Gasteiger charge is 2.33. The molecule has 1 heterocycles. The smallest absolute Gasteiger partial charge is 0.114 e. The summed E-state index contributed by atoms with van der Waals surface area (Å²) in [5, 5.41) is 0. The lowest BCUT2D eigenvalue weighted by Crippen LogP contribution is -2.32. The summed E-state index contributed by atoms with van der Waals surface area (Å²) in [5.74, 6) is 0. The standard InChI is InChI=1S/C19H20O2/c1-2-9-17-14-20-18(15-10-5-3-6-11-15)19(21-17)16-12-7-4-8-13-16/h2-13,17-19H,14H2,1H3/b9-2+/t17-,18+,19+/m1/s1. The van der Waals surface area contributed by atoms with Crippen molar-refractivity contribution in [3.05, 3.63) is 83.9 Å². The third kappa shape index (κ3) is 3.23. The largest absolute Gasteiger partial charge is 0.367 e. The Morgan fingerprint density at radius 3 is 2.00 bits per heavy atom. The first-order valence-electron chi connectivity index (χ1n) is 7.38. The van der Waals surface area contributed by atoms with Crippen LogP contribution >= 0.6 is 0 Å².